The van der Waals surface area contributed by atoms with E-state index in [1.165, 1.54) is 11.1 Å². The summed E-state index contributed by atoms with van der Waals surface area (Å²) < 4.78 is 0. The zero-order chi connectivity index (χ0) is 7.68. The van der Waals surface area contributed by atoms with E-state index in [1.807, 2.05) is 6.08 Å². The average molecular weight is 165 g/mol. The molecular weight excluding hydrogens is 156 g/mol. The van der Waals surface area contributed by atoms with Gasteiger partial charge in [0.15, 0.2) is 0 Å². The van der Waals surface area contributed by atoms with Crippen LogP contribution in [0.5, 0.6) is 0 Å². The molecule has 56 valence electrons. The fourth-order valence-corrected chi connectivity index (χ4v) is 1.61. The molecule has 0 N–H and O–H groups in total. The lowest BCUT2D eigenvalue weighted by Gasteiger charge is -2.12. The van der Waals surface area contributed by atoms with Gasteiger partial charge in [-0.05, 0) is 17.5 Å². The Morgan fingerprint density at radius 2 is 2.09 bits per heavy atom. The van der Waals surface area contributed by atoms with E-state index in [1.54, 1.807) is 0 Å². The van der Waals surface area contributed by atoms with E-state index in [9.17, 15) is 0 Å². The number of hydrogen-bond acceptors (Lipinski definition) is 0. The van der Waals surface area contributed by atoms with Gasteiger partial charge in [0, 0.05) is 0 Å². The van der Waals surface area contributed by atoms with Crippen LogP contribution in [0.2, 0.25) is 0 Å². The van der Waals surface area contributed by atoms with Gasteiger partial charge < -0.3 is 0 Å². The van der Waals surface area contributed by atoms with Crippen LogP contribution < -0.4 is 0 Å². The van der Waals surface area contributed by atoms with Crippen LogP contribution in [0.3, 0.4) is 0 Å². The number of benzene rings is 1. The maximum atomic E-state index is 5.96. The topological polar surface area (TPSA) is 0 Å². The van der Waals surface area contributed by atoms with Crippen molar-refractivity contribution >= 4 is 17.7 Å². The normalized spacial score (nSPS) is 21.4. The maximum Gasteiger partial charge on any atom is 0.0559 e. The van der Waals surface area contributed by atoms with Gasteiger partial charge in [0.05, 0.1) is 5.38 Å². The Kier molecular flexibility index (Phi) is 1.71. The summed E-state index contributed by atoms with van der Waals surface area (Å²) in [6.07, 6.45) is 5.11. The minimum Gasteiger partial charge on any atom is -0.118 e. The van der Waals surface area contributed by atoms with Gasteiger partial charge in [-0.3, -0.25) is 0 Å². The molecule has 0 bridgehead atoms. The third kappa shape index (κ3) is 1.31. The largest absolute Gasteiger partial charge is 0.118 e. The highest BCUT2D eigenvalue weighted by Crippen LogP contribution is 2.21. The van der Waals surface area contributed by atoms with Crippen LogP contribution in [0.4, 0.5) is 0 Å². The van der Waals surface area contributed by atoms with Gasteiger partial charge in [-0.15, -0.1) is 11.6 Å². The summed E-state index contributed by atoms with van der Waals surface area (Å²) in [7, 11) is 0. The number of fused-ring (bicyclic) bond motifs is 1. The molecule has 0 spiro atoms. The van der Waals surface area contributed by atoms with Crippen molar-refractivity contribution in [1.82, 2.24) is 0 Å². The van der Waals surface area contributed by atoms with Gasteiger partial charge in [-0.25, -0.2) is 0 Å². The van der Waals surface area contributed by atoms with Gasteiger partial charge >= 0.3 is 0 Å². The van der Waals surface area contributed by atoms with E-state index in [0.29, 0.717) is 0 Å². The predicted molar refractivity (Wildman–Crippen MR) is 48.8 cm³/mol. The molecule has 0 aromatic heterocycles. The van der Waals surface area contributed by atoms with E-state index in [2.05, 4.69) is 30.3 Å². The van der Waals surface area contributed by atoms with Crippen molar-refractivity contribution in [3.63, 3.8) is 0 Å². The van der Waals surface area contributed by atoms with Gasteiger partial charge in [0.25, 0.3) is 0 Å². The molecule has 1 aliphatic rings. The molecule has 11 heavy (non-hydrogen) atoms. The Morgan fingerprint density at radius 1 is 1.27 bits per heavy atom. The van der Waals surface area contributed by atoms with E-state index in [4.69, 9.17) is 11.6 Å². The molecular formula is C10H9Cl. The summed E-state index contributed by atoms with van der Waals surface area (Å²) in [5, 5.41) is 0.185. The molecule has 0 fully saturated rings. The average Bonchev–Trinajstić information content (AvgIpc) is 2.04. The molecule has 1 unspecified atom stereocenters. The lowest BCUT2D eigenvalue weighted by atomic mass is 9.97. The minimum atomic E-state index is 0.185. The van der Waals surface area contributed by atoms with Crippen LogP contribution in [0, 0.1) is 0 Å². The lowest BCUT2D eigenvalue weighted by molar-refractivity contribution is 0.993. The Morgan fingerprint density at radius 3 is 3.00 bits per heavy atom. The quantitative estimate of drug-likeness (QED) is 0.518. The molecule has 0 nitrogen and oxygen atoms in total. The van der Waals surface area contributed by atoms with Gasteiger partial charge in [-0.1, -0.05) is 36.4 Å². The number of allylic oxidation sites excluding steroid dienone is 1. The van der Waals surface area contributed by atoms with E-state index in [-0.39, 0.29) is 5.38 Å². The zero-order valence-corrected chi connectivity index (χ0v) is 6.88. The van der Waals surface area contributed by atoms with Crippen LogP contribution in [0.15, 0.2) is 30.3 Å². The second-order valence-electron chi connectivity index (χ2n) is 2.78. The number of hydrogen-bond donors (Lipinski definition) is 0. The van der Waals surface area contributed by atoms with Crippen LogP contribution >= 0.6 is 11.6 Å². The molecule has 1 aliphatic carbocycles. The second kappa shape index (κ2) is 2.71. The molecule has 0 aliphatic heterocycles. The van der Waals surface area contributed by atoms with Crippen LogP contribution in [-0.2, 0) is 6.42 Å². The zero-order valence-electron chi connectivity index (χ0n) is 6.13. The summed E-state index contributed by atoms with van der Waals surface area (Å²) in [5.41, 5.74) is 2.67. The molecule has 0 saturated carbocycles. The Balaban J connectivity index is 2.46. The molecule has 0 amide bonds. The highest BCUT2D eigenvalue weighted by molar-refractivity contribution is 6.22. The smallest absolute Gasteiger partial charge is 0.0559 e. The maximum absolute atomic E-state index is 5.96. The predicted octanol–water partition coefficient (Wildman–Crippen LogP) is 2.86. The number of rotatable bonds is 0. The fraction of sp³-hybridized carbons (Fsp3) is 0.200. The molecule has 1 aromatic carbocycles. The minimum absolute atomic E-state index is 0.185. The molecule has 1 atom stereocenters. The Labute approximate surface area is 71.5 Å². The SMILES string of the molecule is ClC1C=Cc2ccccc2C1. The fourth-order valence-electron chi connectivity index (χ4n) is 1.37. The lowest BCUT2D eigenvalue weighted by Crippen LogP contribution is -2.04. The van der Waals surface area contributed by atoms with Crippen LogP contribution in [0.25, 0.3) is 6.08 Å². The van der Waals surface area contributed by atoms with Crippen molar-refractivity contribution < 1.29 is 0 Å². The number of halogens is 1. The third-order valence-electron chi connectivity index (χ3n) is 1.95. The first-order valence-electron chi connectivity index (χ1n) is 3.76. The van der Waals surface area contributed by atoms with Crippen molar-refractivity contribution in [1.29, 1.82) is 0 Å². The molecule has 1 heteroatoms. The summed E-state index contributed by atoms with van der Waals surface area (Å²) in [6.45, 7) is 0. The van der Waals surface area contributed by atoms with Crippen molar-refractivity contribution in [2.75, 3.05) is 0 Å². The van der Waals surface area contributed by atoms with Crippen LogP contribution in [-0.4, -0.2) is 5.38 Å². The second-order valence-corrected chi connectivity index (χ2v) is 3.34. The highest BCUT2D eigenvalue weighted by Gasteiger charge is 2.09. The highest BCUT2D eigenvalue weighted by atomic mass is 35.5. The van der Waals surface area contributed by atoms with Crippen molar-refractivity contribution in [3.05, 3.63) is 41.5 Å². The monoisotopic (exact) mass is 164 g/mol. The first-order chi connectivity index (χ1) is 5.36. The first kappa shape index (κ1) is 6.93. The summed E-state index contributed by atoms with van der Waals surface area (Å²) in [4.78, 5) is 0. The molecule has 0 radical (unpaired) electrons. The molecule has 0 saturated heterocycles. The summed E-state index contributed by atoms with van der Waals surface area (Å²) >= 11 is 5.96. The van der Waals surface area contributed by atoms with Gasteiger partial charge in [-0.2, -0.15) is 0 Å². The van der Waals surface area contributed by atoms with Crippen molar-refractivity contribution in [2.45, 2.75) is 11.8 Å². The van der Waals surface area contributed by atoms with Crippen LogP contribution in [0.1, 0.15) is 11.1 Å². The van der Waals surface area contributed by atoms with Gasteiger partial charge in [0.1, 0.15) is 0 Å². The van der Waals surface area contributed by atoms with E-state index in [0.717, 1.165) is 6.42 Å². The standard InChI is InChI=1S/C10H9Cl/c11-10-6-5-8-3-1-2-4-9(8)7-10/h1-6,10H,7H2. The Hall–Kier alpha value is -0.750. The van der Waals surface area contributed by atoms with Crippen molar-refractivity contribution in [3.8, 4) is 0 Å². The first-order valence-corrected chi connectivity index (χ1v) is 4.20. The van der Waals surface area contributed by atoms with E-state index >= 15 is 0 Å². The van der Waals surface area contributed by atoms with Crippen molar-refractivity contribution in [2.24, 2.45) is 0 Å². The molecule has 2 rings (SSSR count). The summed E-state index contributed by atoms with van der Waals surface area (Å²) in [6, 6.07) is 8.36. The Bertz CT molecular complexity index is 289. The van der Waals surface area contributed by atoms with Gasteiger partial charge in [0.2, 0.25) is 0 Å². The third-order valence-corrected chi connectivity index (χ3v) is 2.25. The van der Waals surface area contributed by atoms with E-state index < -0.39 is 0 Å². The molecule has 0 heterocycles. The summed E-state index contributed by atoms with van der Waals surface area (Å²) in [5.74, 6) is 0. The molecule has 1 aromatic rings. The number of alkyl halides is 1.